The van der Waals surface area contributed by atoms with Crippen molar-refractivity contribution in [2.24, 2.45) is 0 Å². The summed E-state index contributed by atoms with van der Waals surface area (Å²) in [7, 11) is 0. The largest absolute Gasteiger partial charge is 0.462 e. The highest BCUT2D eigenvalue weighted by molar-refractivity contribution is 5.70. The van der Waals surface area contributed by atoms with Gasteiger partial charge in [-0.2, -0.15) is 0 Å². The summed E-state index contributed by atoms with van der Waals surface area (Å²) in [6.45, 7) is 5.96. The van der Waals surface area contributed by atoms with E-state index in [1.165, 1.54) is 19.3 Å². The van der Waals surface area contributed by atoms with Gasteiger partial charge in [0.15, 0.2) is 5.79 Å². The van der Waals surface area contributed by atoms with Gasteiger partial charge >= 0.3 is 5.97 Å². The van der Waals surface area contributed by atoms with E-state index in [9.17, 15) is 9.90 Å². The maximum absolute atomic E-state index is 12.0. The molecular formula is C19H32O5. The molecule has 24 heavy (non-hydrogen) atoms. The molecule has 0 unspecified atom stereocenters. The number of ether oxygens (including phenoxy) is 3. The highest BCUT2D eigenvalue weighted by Crippen LogP contribution is 2.33. The van der Waals surface area contributed by atoms with Crippen LogP contribution in [0.2, 0.25) is 0 Å². The zero-order valence-corrected chi connectivity index (χ0v) is 15.2. The van der Waals surface area contributed by atoms with Gasteiger partial charge in [-0.15, -0.1) is 0 Å². The SMILES string of the molecule is CCCCCCC[C@@H]1C[C@@H]2OC(C)(C)O[C@@H]2/C=C\[C@@H](O)CC(=O)O1. The van der Waals surface area contributed by atoms with E-state index in [0.717, 1.165) is 19.3 Å². The smallest absolute Gasteiger partial charge is 0.309 e. The number of carbonyl (C=O) groups excluding carboxylic acids is 1. The van der Waals surface area contributed by atoms with Gasteiger partial charge in [-0.25, -0.2) is 0 Å². The van der Waals surface area contributed by atoms with E-state index in [-0.39, 0.29) is 30.7 Å². The number of rotatable bonds is 6. The molecule has 2 rings (SSSR count). The van der Waals surface area contributed by atoms with Crippen molar-refractivity contribution in [3.8, 4) is 0 Å². The minimum Gasteiger partial charge on any atom is -0.462 e. The maximum Gasteiger partial charge on any atom is 0.309 e. The third-order valence-corrected chi connectivity index (χ3v) is 4.54. The predicted octanol–water partition coefficient (Wildman–Crippen LogP) is 3.49. The van der Waals surface area contributed by atoms with Crippen molar-refractivity contribution in [1.82, 2.24) is 0 Å². The van der Waals surface area contributed by atoms with Crippen LogP contribution in [0.5, 0.6) is 0 Å². The van der Waals surface area contributed by atoms with Crippen LogP contribution in [-0.2, 0) is 19.0 Å². The van der Waals surface area contributed by atoms with E-state index in [1.807, 2.05) is 19.9 Å². The number of aliphatic hydroxyl groups excluding tert-OH is 1. The highest BCUT2D eigenvalue weighted by Gasteiger charge is 2.41. The Hall–Kier alpha value is -0.910. The van der Waals surface area contributed by atoms with Gasteiger partial charge in [0, 0.05) is 6.42 Å². The Morgan fingerprint density at radius 3 is 2.67 bits per heavy atom. The third-order valence-electron chi connectivity index (χ3n) is 4.54. The average molecular weight is 340 g/mol. The molecule has 2 heterocycles. The minimum atomic E-state index is -0.839. The van der Waals surface area contributed by atoms with Crippen LogP contribution in [0.25, 0.3) is 0 Å². The molecule has 0 bridgehead atoms. The molecule has 0 spiro atoms. The van der Waals surface area contributed by atoms with E-state index in [2.05, 4.69) is 6.92 Å². The standard InChI is InChI=1S/C19H32O5/c1-4-5-6-7-8-9-15-13-17-16(23-19(2,3)24-17)11-10-14(20)12-18(21)22-15/h10-11,14-17,20H,4-9,12-13H2,1-3H3/b11-10-/t14-,15-,16-,17+/m1/s1. The Balaban J connectivity index is 1.99. The van der Waals surface area contributed by atoms with Crippen LogP contribution in [0.3, 0.4) is 0 Å². The molecule has 5 heteroatoms. The van der Waals surface area contributed by atoms with E-state index in [1.54, 1.807) is 6.08 Å². The molecule has 1 fully saturated rings. The molecule has 0 amide bonds. The van der Waals surface area contributed by atoms with Gasteiger partial charge in [0.25, 0.3) is 0 Å². The van der Waals surface area contributed by atoms with Crippen LogP contribution in [0.1, 0.15) is 72.1 Å². The molecule has 138 valence electrons. The van der Waals surface area contributed by atoms with Crippen LogP contribution in [0.15, 0.2) is 12.2 Å². The van der Waals surface area contributed by atoms with Crippen molar-refractivity contribution in [1.29, 1.82) is 0 Å². The van der Waals surface area contributed by atoms with Crippen LogP contribution in [-0.4, -0.2) is 41.3 Å². The first-order valence-electron chi connectivity index (χ1n) is 9.31. The topological polar surface area (TPSA) is 65.0 Å². The Bertz CT molecular complexity index is 431. The molecule has 1 saturated heterocycles. The molecule has 5 nitrogen and oxygen atoms in total. The lowest BCUT2D eigenvalue weighted by molar-refractivity contribution is -0.156. The van der Waals surface area contributed by atoms with E-state index < -0.39 is 11.9 Å². The number of hydrogen-bond donors (Lipinski definition) is 1. The summed E-state index contributed by atoms with van der Waals surface area (Å²) in [4.78, 5) is 12.0. The molecule has 0 saturated carbocycles. The molecule has 0 aromatic heterocycles. The Morgan fingerprint density at radius 1 is 1.17 bits per heavy atom. The summed E-state index contributed by atoms with van der Waals surface area (Å²) in [5, 5.41) is 9.93. The summed E-state index contributed by atoms with van der Waals surface area (Å²) < 4.78 is 17.5. The summed E-state index contributed by atoms with van der Waals surface area (Å²) in [5.74, 6) is -1.00. The number of cyclic esters (lactones) is 1. The number of aliphatic hydroxyl groups is 1. The van der Waals surface area contributed by atoms with Gasteiger partial charge in [0.2, 0.25) is 0 Å². The Morgan fingerprint density at radius 2 is 1.92 bits per heavy atom. The van der Waals surface area contributed by atoms with Crippen molar-refractivity contribution in [3.05, 3.63) is 12.2 Å². The van der Waals surface area contributed by atoms with Crippen molar-refractivity contribution < 1.29 is 24.1 Å². The number of esters is 1. The fraction of sp³-hybridized carbons (Fsp3) is 0.842. The molecule has 4 atom stereocenters. The van der Waals surface area contributed by atoms with E-state index in [4.69, 9.17) is 14.2 Å². The summed E-state index contributed by atoms with van der Waals surface area (Å²) in [6, 6.07) is 0. The lowest BCUT2D eigenvalue weighted by Gasteiger charge is -2.24. The Labute approximate surface area is 145 Å². The van der Waals surface area contributed by atoms with Crippen molar-refractivity contribution in [2.45, 2.75) is 102 Å². The third kappa shape index (κ3) is 6.19. The van der Waals surface area contributed by atoms with Gasteiger partial charge < -0.3 is 19.3 Å². The first-order valence-corrected chi connectivity index (χ1v) is 9.31. The molecular weight excluding hydrogens is 308 g/mol. The van der Waals surface area contributed by atoms with Crippen LogP contribution < -0.4 is 0 Å². The normalized spacial score (nSPS) is 34.4. The predicted molar refractivity (Wildman–Crippen MR) is 91.5 cm³/mol. The van der Waals surface area contributed by atoms with Gasteiger partial charge in [-0.05, 0) is 26.7 Å². The van der Waals surface area contributed by atoms with Gasteiger partial charge in [0.1, 0.15) is 12.2 Å². The quantitative estimate of drug-likeness (QED) is 0.455. The first kappa shape index (κ1) is 19.4. The Kier molecular flexibility index (Phi) is 7.26. The second-order valence-corrected chi connectivity index (χ2v) is 7.35. The maximum atomic E-state index is 12.0. The number of carbonyl (C=O) groups is 1. The van der Waals surface area contributed by atoms with Gasteiger partial charge in [-0.1, -0.05) is 44.8 Å². The van der Waals surface area contributed by atoms with Crippen LogP contribution >= 0.6 is 0 Å². The fourth-order valence-corrected chi connectivity index (χ4v) is 3.38. The zero-order chi connectivity index (χ0) is 17.6. The zero-order valence-electron chi connectivity index (χ0n) is 15.2. The number of fused-ring (bicyclic) bond motifs is 1. The van der Waals surface area contributed by atoms with Crippen LogP contribution in [0, 0.1) is 0 Å². The van der Waals surface area contributed by atoms with E-state index >= 15 is 0 Å². The lowest BCUT2D eigenvalue weighted by atomic mass is 9.99. The first-order chi connectivity index (χ1) is 11.4. The second kappa shape index (κ2) is 8.97. The van der Waals surface area contributed by atoms with Crippen molar-refractivity contribution in [2.75, 3.05) is 0 Å². The molecule has 0 aromatic rings. The number of hydrogen-bond acceptors (Lipinski definition) is 5. The molecule has 0 radical (unpaired) electrons. The summed E-state index contributed by atoms with van der Waals surface area (Å²) >= 11 is 0. The van der Waals surface area contributed by atoms with Crippen molar-refractivity contribution in [3.63, 3.8) is 0 Å². The monoisotopic (exact) mass is 340 g/mol. The molecule has 2 aliphatic rings. The molecule has 2 aliphatic heterocycles. The van der Waals surface area contributed by atoms with Crippen molar-refractivity contribution >= 4 is 5.97 Å². The molecule has 0 aliphatic carbocycles. The molecule has 1 N–H and O–H groups in total. The summed E-state index contributed by atoms with van der Waals surface area (Å²) in [5.41, 5.74) is 0. The lowest BCUT2D eigenvalue weighted by Crippen LogP contribution is -2.31. The second-order valence-electron chi connectivity index (χ2n) is 7.35. The van der Waals surface area contributed by atoms with Crippen LogP contribution in [0.4, 0.5) is 0 Å². The van der Waals surface area contributed by atoms with E-state index in [0.29, 0.717) is 6.42 Å². The highest BCUT2D eigenvalue weighted by atomic mass is 16.8. The van der Waals surface area contributed by atoms with Gasteiger partial charge in [-0.3, -0.25) is 4.79 Å². The number of unbranched alkanes of at least 4 members (excludes halogenated alkanes) is 4. The summed E-state index contributed by atoms with van der Waals surface area (Å²) in [6.07, 6.45) is 9.37. The minimum absolute atomic E-state index is 0.00945. The average Bonchev–Trinajstić information content (AvgIpc) is 2.78. The molecule has 0 aromatic carbocycles. The fourth-order valence-electron chi connectivity index (χ4n) is 3.38. The van der Waals surface area contributed by atoms with Gasteiger partial charge in [0.05, 0.1) is 18.6 Å².